The van der Waals surface area contributed by atoms with Crippen LogP contribution < -0.4 is 31.3 Å². The molecule has 1 atom stereocenters. The number of aromatic nitrogens is 1. The number of anilines is 3. The van der Waals surface area contributed by atoms with Crippen LogP contribution in [0, 0.1) is 0 Å². The lowest BCUT2D eigenvalue weighted by Gasteiger charge is -2.27. The molecule has 0 spiro atoms. The molecular weight excluding hydrogens is 670 g/mol. The Balaban J connectivity index is 0.846. The first-order valence-electron chi connectivity index (χ1n) is 16.6. The van der Waals surface area contributed by atoms with E-state index in [0.717, 1.165) is 34.4 Å². The average Bonchev–Trinajstić information content (AvgIpc) is 3.69. The lowest BCUT2D eigenvalue weighted by molar-refractivity contribution is -0.136. The number of carbonyl (C=O) groups is 7. The van der Waals surface area contributed by atoms with Gasteiger partial charge in [-0.05, 0) is 91.7 Å². The Bertz CT molecular complexity index is 2090. The number of fused-ring (bicyclic) bond motifs is 2. The molecule has 1 unspecified atom stereocenters. The molecule has 6 rings (SSSR count). The highest BCUT2D eigenvalue weighted by atomic mass is 16.5. The Hall–Kier alpha value is -6.77. The average molecular weight is 706 g/mol. The fourth-order valence-corrected chi connectivity index (χ4v) is 5.80. The number of H-pyrrole nitrogens is 1. The summed E-state index contributed by atoms with van der Waals surface area (Å²) in [4.78, 5) is 90.3. The number of unbranched alkanes of at least 4 members (excludes halogenated alkanes) is 2. The summed E-state index contributed by atoms with van der Waals surface area (Å²) in [5, 5.41) is 14.1. The molecule has 1 fully saturated rings. The Morgan fingerprint density at radius 1 is 0.769 bits per heavy atom. The number of urea groups is 1. The van der Waals surface area contributed by atoms with Crippen molar-refractivity contribution in [1.29, 1.82) is 0 Å². The molecular formula is C37H35N7O8. The molecule has 2 aliphatic heterocycles. The zero-order valence-electron chi connectivity index (χ0n) is 27.8. The van der Waals surface area contributed by atoms with Gasteiger partial charge in [-0.1, -0.05) is 6.07 Å². The van der Waals surface area contributed by atoms with Gasteiger partial charge in [0, 0.05) is 53.9 Å². The Morgan fingerprint density at radius 3 is 2.27 bits per heavy atom. The largest absolute Gasteiger partial charge is 0.494 e. The minimum Gasteiger partial charge on any atom is -0.494 e. The predicted octanol–water partition coefficient (Wildman–Crippen LogP) is 4.07. The zero-order valence-corrected chi connectivity index (χ0v) is 27.8. The quantitative estimate of drug-likeness (QED) is 0.0677. The number of amides is 8. The standard InChI is InChI=1S/C37H35N7O8/c45-31(14-15-32(46)40-23-6-8-24(9-7-23)41-37(51)42-25-5-4-22-16-18-38-29(22)20-25)39-17-2-1-3-19-52-26-10-11-27-28(21-26)36(50)44(35(27)49)30-12-13-33(47)43-34(30)48/h4-11,14-16,18,20-21,30,38H,1-3,12-13,17,19H2,(H,39,45)(H,40,46)(H2,41,42,51)(H,43,47,48)/b15-14+. The van der Waals surface area contributed by atoms with E-state index in [-0.39, 0.29) is 24.0 Å². The topological polar surface area (TPSA) is 208 Å². The van der Waals surface area contributed by atoms with Crippen molar-refractivity contribution in [2.45, 2.75) is 38.1 Å². The first-order chi connectivity index (χ1) is 25.1. The van der Waals surface area contributed by atoms with Gasteiger partial charge in [-0.15, -0.1) is 0 Å². The highest BCUT2D eigenvalue weighted by Gasteiger charge is 2.44. The van der Waals surface area contributed by atoms with Gasteiger partial charge in [0.2, 0.25) is 23.6 Å². The van der Waals surface area contributed by atoms with Crippen molar-refractivity contribution < 1.29 is 38.3 Å². The number of nitrogens with one attached hydrogen (secondary N) is 6. The van der Waals surface area contributed by atoms with Crippen LogP contribution in [-0.2, 0) is 19.2 Å². The summed E-state index contributed by atoms with van der Waals surface area (Å²) in [6.45, 7) is 0.722. The maximum Gasteiger partial charge on any atom is 0.323 e. The zero-order chi connectivity index (χ0) is 36.6. The van der Waals surface area contributed by atoms with Gasteiger partial charge in [0.05, 0.1) is 17.7 Å². The number of benzene rings is 3. The number of nitrogens with zero attached hydrogens (tertiary/aromatic N) is 1. The van der Waals surface area contributed by atoms with E-state index in [1.807, 2.05) is 24.4 Å². The molecule has 2 aliphatic rings. The normalized spacial score (nSPS) is 15.4. The third-order valence-electron chi connectivity index (χ3n) is 8.41. The van der Waals surface area contributed by atoms with Crippen LogP contribution in [0.1, 0.15) is 52.8 Å². The van der Waals surface area contributed by atoms with E-state index >= 15 is 0 Å². The minimum absolute atomic E-state index is 0.0455. The Kier molecular flexibility index (Phi) is 10.7. The maximum atomic E-state index is 13.0. The van der Waals surface area contributed by atoms with Gasteiger partial charge in [-0.2, -0.15) is 0 Å². The monoisotopic (exact) mass is 705 g/mol. The number of hydrogen-bond acceptors (Lipinski definition) is 8. The van der Waals surface area contributed by atoms with Gasteiger partial charge in [0.15, 0.2) is 0 Å². The molecule has 15 heteroatoms. The summed E-state index contributed by atoms with van der Waals surface area (Å²) in [5.74, 6) is -2.80. The summed E-state index contributed by atoms with van der Waals surface area (Å²) in [5.41, 5.74) is 2.87. The van der Waals surface area contributed by atoms with Crippen LogP contribution in [0.15, 0.2) is 85.1 Å². The fraction of sp³-hybridized carbons (Fsp3) is 0.216. The van der Waals surface area contributed by atoms with E-state index in [0.29, 0.717) is 48.8 Å². The number of aromatic amines is 1. The van der Waals surface area contributed by atoms with Crippen molar-refractivity contribution in [3.05, 3.63) is 96.2 Å². The minimum atomic E-state index is -1.03. The summed E-state index contributed by atoms with van der Waals surface area (Å²) in [6.07, 6.45) is 6.27. The third kappa shape index (κ3) is 8.50. The van der Waals surface area contributed by atoms with E-state index in [1.165, 1.54) is 12.1 Å². The van der Waals surface area contributed by atoms with Gasteiger partial charge in [-0.25, -0.2) is 4.79 Å². The van der Waals surface area contributed by atoms with Gasteiger partial charge in [0.1, 0.15) is 11.8 Å². The van der Waals surface area contributed by atoms with E-state index in [9.17, 15) is 33.6 Å². The van der Waals surface area contributed by atoms with Crippen molar-refractivity contribution in [2.24, 2.45) is 0 Å². The Labute approximate surface area is 297 Å². The molecule has 3 heterocycles. The third-order valence-corrected chi connectivity index (χ3v) is 8.41. The smallest absolute Gasteiger partial charge is 0.323 e. The molecule has 15 nitrogen and oxygen atoms in total. The molecule has 6 N–H and O–H groups in total. The van der Waals surface area contributed by atoms with Crippen molar-refractivity contribution in [3.8, 4) is 5.75 Å². The molecule has 0 radical (unpaired) electrons. The lowest BCUT2D eigenvalue weighted by atomic mass is 10.0. The molecule has 1 saturated heterocycles. The summed E-state index contributed by atoms with van der Waals surface area (Å²) in [7, 11) is 0. The number of carbonyl (C=O) groups excluding carboxylic acids is 7. The van der Waals surface area contributed by atoms with Gasteiger partial charge in [0.25, 0.3) is 11.8 Å². The molecule has 0 bridgehead atoms. The van der Waals surface area contributed by atoms with Crippen LogP contribution in [0.25, 0.3) is 10.9 Å². The number of rotatable bonds is 13. The number of ether oxygens (including phenoxy) is 1. The van der Waals surface area contributed by atoms with E-state index < -0.39 is 47.5 Å². The fourth-order valence-electron chi connectivity index (χ4n) is 5.80. The van der Waals surface area contributed by atoms with Crippen LogP contribution in [0.2, 0.25) is 0 Å². The van der Waals surface area contributed by atoms with Crippen LogP contribution in [-0.4, -0.2) is 70.6 Å². The van der Waals surface area contributed by atoms with Gasteiger partial charge < -0.3 is 31.0 Å². The van der Waals surface area contributed by atoms with E-state index in [2.05, 4.69) is 31.6 Å². The molecule has 3 aromatic carbocycles. The SMILES string of the molecule is O=C(/C=C/C(=O)Nc1ccc(NC(=O)Nc2ccc3cc[nH]c3c2)cc1)NCCCCCOc1ccc2c(c1)C(=O)N(C1CCC(=O)NC1=O)C2=O. The first-order valence-corrected chi connectivity index (χ1v) is 16.6. The highest BCUT2D eigenvalue weighted by Crippen LogP contribution is 2.30. The predicted molar refractivity (Wildman–Crippen MR) is 191 cm³/mol. The van der Waals surface area contributed by atoms with Crippen LogP contribution >= 0.6 is 0 Å². The lowest BCUT2D eigenvalue weighted by Crippen LogP contribution is -2.54. The molecule has 266 valence electrons. The van der Waals surface area contributed by atoms with Crippen LogP contribution in [0.5, 0.6) is 5.75 Å². The second kappa shape index (κ2) is 15.8. The molecule has 0 aliphatic carbocycles. The number of imide groups is 2. The van der Waals surface area contributed by atoms with Crippen LogP contribution in [0.4, 0.5) is 21.9 Å². The molecule has 52 heavy (non-hydrogen) atoms. The second-order valence-corrected chi connectivity index (χ2v) is 12.1. The van der Waals surface area contributed by atoms with Crippen LogP contribution in [0.3, 0.4) is 0 Å². The summed E-state index contributed by atoms with van der Waals surface area (Å²) in [6, 6.07) is 17.1. The van der Waals surface area contributed by atoms with Gasteiger partial charge in [-0.3, -0.25) is 39.0 Å². The maximum absolute atomic E-state index is 13.0. The molecule has 4 aromatic rings. The van der Waals surface area contributed by atoms with E-state index in [4.69, 9.17) is 4.74 Å². The van der Waals surface area contributed by atoms with Gasteiger partial charge >= 0.3 is 6.03 Å². The van der Waals surface area contributed by atoms with Crippen molar-refractivity contribution >= 4 is 69.4 Å². The molecule has 0 saturated carbocycles. The number of hydrogen-bond donors (Lipinski definition) is 6. The van der Waals surface area contributed by atoms with Crippen molar-refractivity contribution in [2.75, 3.05) is 29.1 Å². The Morgan fingerprint density at radius 2 is 1.48 bits per heavy atom. The molecule has 8 amide bonds. The highest BCUT2D eigenvalue weighted by molar-refractivity contribution is 6.23. The summed E-state index contributed by atoms with van der Waals surface area (Å²) >= 11 is 0. The second-order valence-electron chi connectivity index (χ2n) is 12.1. The van der Waals surface area contributed by atoms with Crippen molar-refractivity contribution in [3.63, 3.8) is 0 Å². The molecule has 1 aromatic heterocycles. The first kappa shape index (κ1) is 35.1. The number of piperidine rings is 1. The van der Waals surface area contributed by atoms with Crippen molar-refractivity contribution in [1.82, 2.24) is 20.5 Å². The summed E-state index contributed by atoms with van der Waals surface area (Å²) < 4.78 is 5.76. The van der Waals surface area contributed by atoms with E-state index in [1.54, 1.807) is 36.4 Å².